The van der Waals surface area contributed by atoms with Crippen LogP contribution in [0, 0.1) is 0 Å². The first-order chi connectivity index (χ1) is 13.2. The zero-order valence-electron chi connectivity index (χ0n) is 15.1. The molecule has 0 aromatic heterocycles. The molecule has 0 radical (unpaired) electrons. The van der Waals surface area contributed by atoms with Crippen LogP contribution < -0.4 is 0 Å². The van der Waals surface area contributed by atoms with Crippen LogP contribution in [0.1, 0.15) is 30.6 Å². The number of hydrogen-bond donors (Lipinski definition) is 0. The Hall–Kier alpha value is -3.01. The predicted octanol–water partition coefficient (Wildman–Crippen LogP) is 4.80. The van der Waals surface area contributed by atoms with Crippen molar-refractivity contribution in [1.82, 2.24) is 0 Å². The topological polar surface area (TPSA) is 44.8 Å². The van der Waals surface area contributed by atoms with Crippen LogP contribution in [0.15, 0.2) is 60.6 Å². The molecule has 1 heterocycles. The molecule has 0 N–H and O–H groups in total. The first kappa shape index (κ1) is 16.2. The number of hydrogen-bond acceptors (Lipinski definition) is 4. The largest absolute Gasteiger partial charge is 0.463 e. The highest BCUT2D eigenvalue weighted by molar-refractivity contribution is 6.08. The quantitative estimate of drug-likeness (QED) is 0.374. The second kappa shape index (κ2) is 6.31. The Labute approximate surface area is 157 Å². The summed E-state index contributed by atoms with van der Waals surface area (Å²) < 4.78 is 16.8. The molecule has 4 nitrogen and oxygen atoms in total. The van der Waals surface area contributed by atoms with Crippen LogP contribution in [0.3, 0.4) is 0 Å². The van der Waals surface area contributed by atoms with E-state index in [1.807, 2.05) is 0 Å². The van der Waals surface area contributed by atoms with Gasteiger partial charge in [0.05, 0.1) is 6.61 Å². The zero-order valence-corrected chi connectivity index (χ0v) is 15.1. The number of ether oxygens (including phenoxy) is 3. The summed E-state index contributed by atoms with van der Waals surface area (Å²) in [6.45, 7) is 2.11. The monoisotopic (exact) mass is 360 g/mol. The minimum absolute atomic E-state index is 0.0592. The summed E-state index contributed by atoms with van der Waals surface area (Å²) in [6.07, 6.45) is 2.86. The molecule has 1 aliphatic heterocycles. The molecule has 5 rings (SSSR count). The molecule has 4 heteroatoms. The lowest BCUT2D eigenvalue weighted by atomic mass is 9.83. The van der Waals surface area contributed by atoms with E-state index >= 15 is 0 Å². The third-order valence-corrected chi connectivity index (χ3v) is 5.43. The maximum atomic E-state index is 11.7. The van der Waals surface area contributed by atoms with Crippen molar-refractivity contribution in [2.45, 2.75) is 32.0 Å². The van der Waals surface area contributed by atoms with Gasteiger partial charge in [0.15, 0.2) is 6.10 Å². The van der Waals surface area contributed by atoms with Gasteiger partial charge in [0, 0.05) is 5.56 Å². The normalized spacial score (nSPS) is 22.2. The second-order valence-electron chi connectivity index (χ2n) is 6.96. The fraction of sp³-hybridized carbons (Fsp3) is 0.261. The van der Waals surface area contributed by atoms with Gasteiger partial charge in [-0.05, 0) is 46.9 Å². The van der Waals surface area contributed by atoms with Gasteiger partial charge in [0.1, 0.15) is 12.2 Å². The summed E-state index contributed by atoms with van der Waals surface area (Å²) in [5, 5.41) is 5.06. The van der Waals surface area contributed by atoms with Crippen LogP contribution in [0.25, 0.3) is 21.5 Å². The van der Waals surface area contributed by atoms with Crippen molar-refractivity contribution in [2.24, 2.45) is 0 Å². The van der Waals surface area contributed by atoms with E-state index in [1.165, 1.54) is 33.2 Å². The first-order valence-electron chi connectivity index (χ1n) is 9.39. The Morgan fingerprint density at radius 2 is 1.93 bits per heavy atom. The number of fused-ring (bicyclic) bond motifs is 7. The predicted molar refractivity (Wildman–Crippen MR) is 103 cm³/mol. The van der Waals surface area contributed by atoms with Gasteiger partial charge >= 0.3 is 5.97 Å². The molecule has 2 aliphatic rings. The van der Waals surface area contributed by atoms with Crippen LogP contribution in [0.5, 0.6) is 0 Å². The molecule has 0 saturated carbocycles. The maximum Gasteiger partial charge on any atom is 0.337 e. The van der Waals surface area contributed by atoms with Gasteiger partial charge in [-0.2, -0.15) is 0 Å². The molecule has 136 valence electrons. The molecule has 0 spiro atoms. The Balaban J connectivity index is 1.56. The van der Waals surface area contributed by atoms with Crippen LogP contribution in [0.4, 0.5) is 0 Å². The Kier molecular flexibility index (Phi) is 3.78. The molecule has 3 aromatic rings. The number of benzene rings is 3. The summed E-state index contributed by atoms with van der Waals surface area (Å²) >= 11 is 0. The van der Waals surface area contributed by atoms with Crippen molar-refractivity contribution < 1.29 is 19.0 Å². The van der Waals surface area contributed by atoms with Crippen LogP contribution in [-0.4, -0.2) is 18.7 Å². The molecule has 1 aliphatic carbocycles. The summed E-state index contributed by atoms with van der Waals surface area (Å²) in [5.41, 5.74) is 2.47. The van der Waals surface area contributed by atoms with E-state index in [0.29, 0.717) is 6.61 Å². The van der Waals surface area contributed by atoms with Gasteiger partial charge < -0.3 is 14.2 Å². The minimum Gasteiger partial charge on any atom is -0.463 e. The second-order valence-corrected chi connectivity index (χ2v) is 6.96. The highest BCUT2D eigenvalue weighted by Crippen LogP contribution is 2.44. The Morgan fingerprint density at radius 1 is 1.07 bits per heavy atom. The molecule has 1 fully saturated rings. The Bertz CT molecular complexity index is 1080. The van der Waals surface area contributed by atoms with Crippen molar-refractivity contribution in [2.75, 3.05) is 6.61 Å². The first-order valence-corrected chi connectivity index (χ1v) is 9.39. The molecule has 1 saturated heterocycles. The SMILES string of the molecule is CCOC(=O)/C=C1\O[C@H]2CCc3c(ccc4c3ccc3ccccc34)[C@H]2O1. The third kappa shape index (κ3) is 2.64. The third-order valence-electron chi connectivity index (χ3n) is 5.43. The van der Waals surface area contributed by atoms with Crippen molar-refractivity contribution in [3.05, 3.63) is 71.7 Å². The lowest BCUT2D eigenvalue weighted by Gasteiger charge is -2.26. The Morgan fingerprint density at radius 3 is 2.81 bits per heavy atom. The van der Waals surface area contributed by atoms with Gasteiger partial charge in [-0.3, -0.25) is 0 Å². The lowest BCUT2D eigenvalue weighted by Crippen LogP contribution is -2.22. The fourth-order valence-electron chi connectivity index (χ4n) is 4.26. The van der Waals surface area contributed by atoms with Gasteiger partial charge in [0.25, 0.3) is 5.95 Å². The summed E-state index contributed by atoms with van der Waals surface area (Å²) in [7, 11) is 0. The highest BCUT2D eigenvalue weighted by atomic mass is 16.7. The smallest absolute Gasteiger partial charge is 0.337 e. The van der Waals surface area contributed by atoms with Crippen LogP contribution >= 0.6 is 0 Å². The van der Waals surface area contributed by atoms with E-state index in [2.05, 4.69) is 48.5 Å². The van der Waals surface area contributed by atoms with Crippen molar-refractivity contribution in [3.63, 3.8) is 0 Å². The van der Waals surface area contributed by atoms with Crippen molar-refractivity contribution >= 4 is 27.5 Å². The van der Waals surface area contributed by atoms with E-state index in [4.69, 9.17) is 14.2 Å². The van der Waals surface area contributed by atoms with E-state index < -0.39 is 5.97 Å². The minimum atomic E-state index is -0.434. The van der Waals surface area contributed by atoms with Crippen molar-refractivity contribution in [3.8, 4) is 0 Å². The number of esters is 1. The van der Waals surface area contributed by atoms with E-state index in [1.54, 1.807) is 6.92 Å². The number of aryl methyl sites for hydroxylation is 1. The molecule has 2 atom stereocenters. The van der Waals surface area contributed by atoms with E-state index in [0.717, 1.165) is 18.4 Å². The summed E-state index contributed by atoms with van der Waals surface area (Å²) in [4.78, 5) is 11.7. The highest BCUT2D eigenvalue weighted by Gasteiger charge is 2.40. The molecule has 0 amide bonds. The standard InChI is InChI=1S/C23H20O4/c1-2-25-21(24)13-22-26-20-12-11-18-17-8-7-14-5-3-4-6-15(14)16(17)9-10-19(18)23(20)27-22/h3-10,13,20,23H,2,11-12H2,1H3/b22-13+/t20-,23+/m0/s1. The van der Waals surface area contributed by atoms with Crippen LogP contribution in [0.2, 0.25) is 0 Å². The lowest BCUT2D eigenvalue weighted by molar-refractivity contribution is -0.137. The maximum absolute atomic E-state index is 11.7. The summed E-state index contributed by atoms with van der Waals surface area (Å²) in [6, 6.07) is 17.2. The molecule has 0 bridgehead atoms. The molecule has 3 aromatic carbocycles. The molecular formula is C23H20O4. The number of carbonyl (C=O) groups excluding carboxylic acids is 1. The zero-order chi connectivity index (χ0) is 18.4. The van der Waals surface area contributed by atoms with Gasteiger partial charge in [-0.15, -0.1) is 0 Å². The van der Waals surface area contributed by atoms with Gasteiger partial charge in [-0.25, -0.2) is 4.79 Å². The summed E-state index contributed by atoms with van der Waals surface area (Å²) in [5.74, 6) is -0.175. The fourth-order valence-corrected chi connectivity index (χ4v) is 4.26. The molecule has 0 unspecified atom stereocenters. The van der Waals surface area contributed by atoms with Crippen molar-refractivity contribution in [1.29, 1.82) is 0 Å². The van der Waals surface area contributed by atoms with E-state index in [-0.39, 0.29) is 18.2 Å². The van der Waals surface area contributed by atoms with Gasteiger partial charge in [0.2, 0.25) is 0 Å². The molecular weight excluding hydrogens is 340 g/mol. The average Bonchev–Trinajstić information content (AvgIpc) is 3.10. The number of rotatable bonds is 2. The van der Waals surface area contributed by atoms with Gasteiger partial charge in [-0.1, -0.05) is 48.5 Å². The van der Waals surface area contributed by atoms with E-state index in [9.17, 15) is 4.79 Å². The molecule has 27 heavy (non-hydrogen) atoms. The average molecular weight is 360 g/mol. The number of carbonyl (C=O) groups is 1. The van der Waals surface area contributed by atoms with Crippen LogP contribution in [-0.2, 0) is 25.4 Å².